The van der Waals surface area contributed by atoms with E-state index >= 15 is 0 Å². The Morgan fingerprint density at radius 1 is 0.966 bits per heavy atom. The van der Waals surface area contributed by atoms with E-state index in [1.54, 1.807) is 12.4 Å². The maximum absolute atomic E-state index is 12.5. The Balaban J connectivity index is 1.62. The molecule has 3 rings (SSSR count). The second-order valence-corrected chi connectivity index (χ2v) is 9.94. The molecule has 0 radical (unpaired) electrons. The summed E-state index contributed by atoms with van der Waals surface area (Å²) in [4.78, 5) is 21.3. The van der Waals surface area contributed by atoms with E-state index in [2.05, 4.69) is 69.7 Å². The van der Waals surface area contributed by atoms with Gasteiger partial charge in [0, 0.05) is 5.56 Å². The molecule has 0 saturated carbocycles. The molecule has 29 heavy (non-hydrogen) atoms. The second kappa shape index (κ2) is 8.10. The highest BCUT2D eigenvalue weighted by atomic mass is 16.5. The molecule has 0 N–H and O–H groups in total. The van der Waals surface area contributed by atoms with Crippen LogP contribution >= 0.6 is 0 Å². The van der Waals surface area contributed by atoms with Gasteiger partial charge in [0.15, 0.2) is 11.6 Å². The fourth-order valence-corrected chi connectivity index (χ4v) is 3.57. The minimum absolute atomic E-state index is 0.0919. The van der Waals surface area contributed by atoms with Crippen molar-refractivity contribution in [3.05, 3.63) is 53.9 Å². The van der Waals surface area contributed by atoms with Gasteiger partial charge in [0.1, 0.15) is 0 Å². The third kappa shape index (κ3) is 5.31. The van der Waals surface area contributed by atoms with E-state index in [1.165, 1.54) is 11.1 Å². The molecule has 0 amide bonds. The Kier molecular flexibility index (Phi) is 5.92. The number of aromatic nitrogens is 2. The number of benzene rings is 1. The normalized spacial score (nSPS) is 17.6. The lowest BCUT2D eigenvalue weighted by atomic mass is 9.77. The summed E-state index contributed by atoms with van der Waals surface area (Å²) in [7, 11) is 0. The highest BCUT2D eigenvalue weighted by Crippen LogP contribution is 2.35. The molecule has 4 nitrogen and oxygen atoms in total. The van der Waals surface area contributed by atoms with Crippen LogP contribution in [-0.2, 0) is 10.2 Å². The molecule has 2 aromatic rings. The van der Waals surface area contributed by atoms with Gasteiger partial charge in [0.05, 0.1) is 18.3 Å². The van der Waals surface area contributed by atoms with Gasteiger partial charge in [-0.15, -0.1) is 0 Å². The van der Waals surface area contributed by atoms with Crippen molar-refractivity contribution >= 4 is 5.97 Å². The van der Waals surface area contributed by atoms with Crippen molar-refractivity contribution < 1.29 is 9.53 Å². The van der Waals surface area contributed by atoms with E-state index in [0.717, 1.165) is 24.8 Å². The Hall–Kier alpha value is -2.49. The molecule has 0 bridgehead atoms. The molecule has 1 atom stereocenters. The van der Waals surface area contributed by atoms with Crippen LogP contribution in [0.2, 0.25) is 0 Å². The van der Waals surface area contributed by atoms with Gasteiger partial charge in [-0.25, -0.2) is 9.97 Å². The predicted octanol–water partition coefficient (Wildman–Crippen LogP) is 6.12. The first-order chi connectivity index (χ1) is 13.5. The van der Waals surface area contributed by atoms with Crippen LogP contribution in [-0.4, -0.2) is 15.9 Å². The van der Waals surface area contributed by atoms with Crippen LogP contribution in [0, 0.1) is 11.3 Å². The summed E-state index contributed by atoms with van der Waals surface area (Å²) in [5, 5.41) is 0. The minimum atomic E-state index is -0.194. The number of carbonyl (C=O) groups excluding carboxylic acids is 1. The van der Waals surface area contributed by atoms with Gasteiger partial charge in [-0.05, 0) is 35.7 Å². The molecular formula is C25H32N2O2. The van der Waals surface area contributed by atoms with Gasteiger partial charge in [-0.1, -0.05) is 77.5 Å². The van der Waals surface area contributed by atoms with Crippen molar-refractivity contribution in [1.82, 2.24) is 9.97 Å². The Labute approximate surface area is 174 Å². The molecule has 1 aromatic carbocycles. The van der Waals surface area contributed by atoms with E-state index in [0.29, 0.717) is 11.6 Å². The van der Waals surface area contributed by atoms with Gasteiger partial charge < -0.3 is 4.74 Å². The van der Waals surface area contributed by atoms with Crippen LogP contribution in [0.25, 0.3) is 11.4 Å². The molecule has 1 heterocycles. The number of rotatable bonds is 3. The zero-order valence-electron chi connectivity index (χ0n) is 18.5. The standard InChI is InChI=1S/C25H32N2O2/c1-24(2,3)19-11-7-17(8-12-19)22-26-15-21(16-27-22)29-23(28)18-9-13-20(14-10-18)25(4,5)6/h7-8,11-13,15-16,18H,9-10,14H2,1-6H3. The number of ether oxygens (including phenoxy) is 1. The predicted molar refractivity (Wildman–Crippen MR) is 117 cm³/mol. The number of hydrogen-bond acceptors (Lipinski definition) is 4. The lowest BCUT2D eigenvalue weighted by Crippen LogP contribution is -2.24. The van der Waals surface area contributed by atoms with Crippen molar-refractivity contribution in [2.24, 2.45) is 11.3 Å². The summed E-state index contributed by atoms with van der Waals surface area (Å²) >= 11 is 0. The van der Waals surface area contributed by atoms with Gasteiger partial charge in [-0.3, -0.25) is 4.79 Å². The molecule has 0 fully saturated rings. The topological polar surface area (TPSA) is 52.1 Å². The third-order valence-electron chi connectivity index (χ3n) is 5.56. The molecule has 1 aliphatic carbocycles. The van der Waals surface area contributed by atoms with Crippen molar-refractivity contribution in [2.45, 2.75) is 66.2 Å². The molecule has 1 aromatic heterocycles. The summed E-state index contributed by atoms with van der Waals surface area (Å²) in [5.41, 5.74) is 3.92. The summed E-state index contributed by atoms with van der Waals surface area (Å²) in [6, 6.07) is 8.27. The highest BCUT2D eigenvalue weighted by molar-refractivity contribution is 5.75. The smallest absolute Gasteiger partial charge is 0.314 e. The zero-order chi connectivity index (χ0) is 21.2. The van der Waals surface area contributed by atoms with E-state index in [9.17, 15) is 4.79 Å². The number of hydrogen-bond donors (Lipinski definition) is 0. The fourth-order valence-electron chi connectivity index (χ4n) is 3.57. The minimum Gasteiger partial charge on any atom is -0.423 e. The van der Waals surface area contributed by atoms with E-state index < -0.39 is 0 Å². The van der Waals surface area contributed by atoms with E-state index in [4.69, 9.17) is 4.74 Å². The van der Waals surface area contributed by atoms with Crippen LogP contribution in [0.1, 0.15) is 66.4 Å². The molecule has 4 heteroatoms. The first kappa shape index (κ1) is 21.2. The molecule has 0 saturated heterocycles. The maximum atomic E-state index is 12.5. The first-order valence-corrected chi connectivity index (χ1v) is 10.4. The SMILES string of the molecule is CC(C)(C)C1=CCC(C(=O)Oc2cnc(-c3ccc(C(C)(C)C)cc3)nc2)CC1. The molecule has 0 aliphatic heterocycles. The Morgan fingerprint density at radius 2 is 1.59 bits per heavy atom. The monoisotopic (exact) mass is 392 g/mol. The van der Waals surface area contributed by atoms with Crippen LogP contribution in [0.5, 0.6) is 5.75 Å². The zero-order valence-corrected chi connectivity index (χ0v) is 18.5. The summed E-state index contributed by atoms with van der Waals surface area (Å²) in [6.07, 6.45) is 7.89. The average molecular weight is 393 g/mol. The Morgan fingerprint density at radius 3 is 2.07 bits per heavy atom. The van der Waals surface area contributed by atoms with Crippen LogP contribution in [0.3, 0.4) is 0 Å². The van der Waals surface area contributed by atoms with Crippen molar-refractivity contribution in [1.29, 1.82) is 0 Å². The van der Waals surface area contributed by atoms with E-state index in [1.807, 2.05) is 12.1 Å². The second-order valence-electron chi connectivity index (χ2n) is 9.94. The molecule has 0 spiro atoms. The highest BCUT2D eigenvalue weighted by Gasteiger charge is 2.27. The molecule has 154 valence electrons. The van der Waals surface area contributed by atoms with Gasteiger partial charge in [0.2, 0.25) is 0 Å². The summed E-state index contributed by atoms with van der Waals surface area (Å²) < 4.78 is 5.54. The largest absolute Gasteiger partial charge is 0.423 e. The number of carbonyl (C=O) groups is 1. The van der Waals surface area contributed by atoms with Gasteiger partial charge in [0.25, 0.3) is 0 Å². The van der Waals surface area contributed by atoms with Crippen molar-refractivity contribution in [3.8, 4) is 17.1 Å². The van der Waals surface area contributed by atoms with Crippen LogP contribution < -0.4 is 4.74 Å². The van der Waals surface area contributed by atoms with Gasteiger partial charge in [-0.2, -0.15) is 0 Å². The fraction of sp³-hybridized carbons (Fsp3) is 0.480. The number of esters is 1. The molecule has 1 unspecified atom stereocenters. The average Bonchev–Trinajstić information content (AvgIpc) is 2.67. The maximum Gasteiger partial charge on any atom is 0.314 e. The van der Waals surface area contributed by atoms with Crippen LogP contribution in [0.4, 0.5) is 0 Å². The summed E-state index contributed by atoms with van der Waals surface area (Å²) in [5.74, 6) is 0.738. The van der Waals surface area contributed by atoms with Crippen molar-refractivity contribution in [3.63, 3.8) is 0 Å². The van der Waals surface area contributed by atoms with E-state index in [-0.39, 0.29) is 22.7 Å². The Bertz CT molecular complexity index is 882. The lowest BCUT2D eigenvalue weighted by molar-refractivity contribution is -0.139. The van der Waals surface area contributed by atoms with Gasteiger partial charge >= 0.3 is 5.97 Å². The third-order valence-corrected chi connectivity index (χ3v) is 5.56. The number of allylic oxidation sites excluding steroid dienone is 2. The lowest BCUT2D eigenvalue weighted by Gasteiger charge is -2.28. The van der Waals surface area contributed by atoms with Crippen molar-refractivity contribution in [2.75, 3.05) is 0 Å². The summed E-state index contributed by atoms with van der Waals surface area (Å²) in [6.45, 7) is 13.2. The molecular weight excluding hydrogens is 360 g/mol. The first-order valence-electron chi connectivity index (χ1n) is 10.4. The quantitative estimate of drug-likeness (QED) is 0.466. The molecule has 1 aliphatic rings. The number of nitrogens with zero attached hydrogens (tertiary/aromatic N) is 2. The van der Waals surface area contributed by atoms with Crippen LogP contribution in [0.15, 0.2) is 48.3 Å².